The maximum atomic E-state index is 13.8. The molecule has 0 heterocycles. The van der Waals surface area contributed by atoms with Crippen molar-refractivity contribution in [1.29, 1.82) is 0 Å². The van der Waals surface area contributed by atoms with Crippen LogP contribution in [-0.4, -0.2) is 35.4 Å². The second kappa shape index (κ2) is 13.9. The summed E-state index contributed by atoms with van der Waals surface area (Å²) in [6.45, 7) is 3.99. The van der Waals surface area contributed by atoms with E-state index >= 15 is 0 Å². The molecule has 5 nitrogen and oxygen atoms in total. The van der Waals surface area contributed by atoms with Gasteiger partial charge in [-0.15, -0.1) is 0 Å². The van der Waals surface area contributed by atoms with Crippen molar-refractivity contribution in [3.63, 3.8) is 0 Å². The van der Waals surface area contributed by atoms with Crippen LogP contribution < -0.4 is 10.1 Å². The van der Waals surface area contributed by atoms with E-state index in [-0.39, 0.29) is 31.0 Å². The summed E-state index contributed by atoms with van der Waals surface area (Å²) in [4.78, 5) is 29.3. The van der Waals surface area contributed by atoms with E-state index < -0.39 is 6.04 Å². The van der Waals surface area contributed by atoms with Crippen LogP contribution in [0.4, 0.5) is 0 Å². The number of nitrogens with zero attached hydrogens (tertiary/aromatic N) is 1. The first-order valence-electron chi connectivity index (χ1n) is 13.6. The number of benzene rings is 3. The van der Waals surface area contributed by atoms with Gasteiger partial charge in [0.1, 0.15) is 11.8 Å². The highest BCUT2D eigenvalue weighted by Gasteiger charge is 2.32. The van der Waals surface area contributed by atoms with Gasteiger partial charge >= 0.3 is 0 Å². The van der Waals surface area contributed by atoms with Gasteiger partial charge in [-0.25, -0.2) is 0 Å². The van der Waals surface area contributed by atoms with Crippen molar-refractivity contribution in [2.45, 2.75) is 71.0 Å². The van der Waals surface area contributed by atoms with Gasteiger partial charge < -0.3 is 15.0 Å². The summed E-state index contributed by atoms with van der Waals surface area (Å²) in [5.41, 5.74) is 3.87. The molecule has 1 saturated carbocycles. The van der Waals surface area contributed by atoms with E-state index in [2.05, 4.69) is 11.4 Å². The zero-order chi connectivity index (χ0) is 27.8. The Kier molecular flexibility index (Phi) is 10.3. The molecule has 206 valence electrons. The monoisotopic (exact) mass is 566 g/mol. The maximum Gasteiger partial charge on any atom is 0.261 e. The summed E-state index contributed by atoms with van der Waals surface area (Å²) < 4.78 is 5.95. The normalized spacial score (nSPS) is 14.5. The fourth-order valence-corrected chi connectivity index (χ4v) is 5.50. The Balaban J connectivity index is 1.63. The van der Waals surface area contributed by atoms with Crippen molar-refractivity contribution >= 4 is 35.0 Å². The highest BCUT2D eigenvalue weighted by atomic mass is 35.5. The number of hydrogen-bond donors (Lipinski definition) is 1. The lowest BCUT2D eigenvalue weighted by Crippen LogP contribution is -2.53. The molecule has 0 unspecified atom stereocenters. The van der Waals surface area contributed by atoms with E-state index in [0.717, 1.165) is 47.9 Å². The first-order valence-corrected chi connectivity index (χ1v) is 14.3. The highest BCUT2D eigenvalue weighted by molar-refractivity contribution is 6.42. The molecule has 0 aliphatic heterocycles. The molecule has 1 atom stereocenters. The number of nitrogens with one attached hydrogen (secondary N) is 1. The highest BCUT2D eigenvalue weighted by Crippen LogP contribution is 2.25. The van der Waals surface area contributed by atoms with E-state index in [0.29, 0.717) is 22.2 Å². The Morgan fingerprint density at radius 1 is 0.897 bits per heavy atom. The van der Waals surface area contributed by atoms with Crippen LogP contribution in [0.5, 0.6) is 5.75 Å². The molecule has 1 aliphatic rings. The van der Waals surface area contributed by atoms with Gasteiger partial charge in [0, 0.05) is 19.0 Å². The first-order chi connectivity index (χ1) is 18.8. The summed E-state index contributed by atoms with van der Waals surface area (Å²) >= 11 is 12.5. The van der Waals surface area contributed by atoms with Gasteiger partial charge in [-0.05, 0) is 73.2 Å². The molecule has 1 N–H and O–H groups in total. The van der Waals surface area contributed by atoms with Gasteiger partial charge in [0.15, 0.2) is 6.61 Å². The molecule has 3 aromatic rings. The minimum Gasteiger partial charge on any atom is -0.484 e. The van der Waals surface area contributed by atoms with Gasteiger partial charge in [-0.2, -0.15) is 0 Å². The molecule has 1 fully saturated rings. The molecular formula is C32H36Cl2N2O3. The Bertz CT molecular complexity index is 1260. The largest absolute Gasteiger partial charge is 0.484 e. The minimum atomic E-state index is -0.723. The average molecular weight is 568 g/mol. The van der Waals surface area contributed by atoms with Gasteiger partial charge in [0.2, 0.25) is 5.91 Å². The Morgan fingerprint density at radius 2 is 1.59 bits per heavy atom. The summed E-state index contributed by atoms with van der Waals surface area (Å²) in [6, 6.07) is 20.3. The van der Waals surface area contributed by atoms with Crippen LogP contribution in [0.15, 0.2) is 66.7 Å². The average Bonchev–Trinajstić information content (AvgIpc) is 2.92. The van der Waals surface area contributed by atoms with E-state index in [1.807, 2.05) is 62.4 Å². The van der Waals surface area contributed by atoms with Crippen molar-refractivity contribution in [2.24, 2.45) is 0 Å². The van der Waals surface area contributed by atoms with Crippen molar-refractivity contribution in [1.82, 2.24) is 10.2 Å². The lowest BCUT2D eigenvalue weighted by Gasteiger charge is -2.33. The van der Waals surface area contributed by atoms with Crippen LogP contribution in [0.1, 0.15) is 54.4 Å². The van der Waals surface area contributed by atoms with Gasteiger partial charge in [0.25, 0.3) is 5.91 Å². The molecule has 7 heteroatoms. The molecule has 1 aliphatic carbocycles. The predicted molar refractivity (Wildman–Crippen MR) is 157 cm³/mol. The van der Waals surface area contributed by atoms with Crippen molar-refractivity contribution in [2.75, 3.05) is 6.61 Å². The molecule has 39 heavy (non-hydrogen) atoms. The molecule has 0 bridgehead atoms. The number of ether oxygens (including phenoxy) is 1. The second-order valence-electron chi connectivity index (χ2n) is 10.4. The van der Waals surface area contributed by atoms with Gasteiger partial charge in [-0.3, -0.25) is 9.59 Å². The van der Waals surface area contributed by atoms with Crippen molar-refractivity contribution in [3.05, 3.63) is 99.0 Å². The Hall–Kier alpha value is -3.02. The third kappa shape index (κ3) is 8.48. The third-order valence-corrected chi connectivity index (χ3v) is 7.86. The number of halogens is 2. The molecule has 0 saturated heterocycles. The molecule has 0 radical (unpaired) electrons. The summed E-state index contributed by atoms with van der Waals surface area (Å²) in [6.07, 6.45) is 5.70. The molecule has 2 amide bonds. The second-order valence-corrected chi connectivity index (χ2v) is 11.2. The predicted octanol–water partition coefficient (Wildman–Crippen LogP) is 7.08. The topological polar surface area (TPSA) is 58.6 Å². The lowest BCUT2D eigenvalue weighted by atomic mass is 9.94. The molecular weight excluding hydrogens is 531 g/mol. The van der Waals surface area contributed by atoms with Crippen molar-refractivity contribution < 1.29 is 14.3 Å². The first kappa shape index (κ1) is 29.0. The SMILES string of the molecule is Cc1cc(C)cc(OCC(=O)N(Cc2ccc(Cl)c(Cl)c2)[C@H](Cc2ccccc2)C(=O)NC2CCCCC2)c1. The van der Waals surface area contributed by atoms with Crippen molar-refractivity contribution in [3.8, 4) is 5.75 Å². The molecule has 4 rings (SSSR count). The van der Waals surface area contributed by atoms with Crippen LogP contribution in [0, 0.1) is 13.8 Å². The Morgan fingerprint density at radius 3 is 2.26 bits per heavy atom. The van der Waals surface area contributed by atoms with Crippen LogP contribution in [-0.2, 0) is 22.6 Å². The van der Waals surface area contributed by atoms with E-state index in [1.54, 1.807) is 17.0 Å². The number of hydrogen-bond acceptors (Lipinski definition) is 3. The van der Waals surface area contributed by atoms with Crippen LogP contribution in [0.3, 0.4) is 0 Å². The summed E-state index contributed by atoms with van der Waals surface area (Å²) in [5, 5.41) is 4.09. The fourth-order valence-electron chi connectivity index (χ4n) is 5.18. The molecule has 0 aromatic heterocycles. The van der Waals surface area contributed by atoms with E-state index in [1.165, 1.54) is 6.42 Å². The Labute approximate surface area is 241 Å². The zero-order valence-electron chi connectivity index (χ0n) is 22.6. The summed E-state index contributed by atoms with van der Waals surface area (Å²) in [5.74, 6) is 0.201. The summed E-state index contributed by atoms with van der Waals surface area (Å²) in [7, 11) is 0. The fraction of sp³-hybridized carbons (Fsp3) is 0.375. The number of aryl methyl sites for hydroxylation is 2. The zero-order valence-corrected chi connectivity index (χ0v) is 24.1. The standard InChI is InChI=1S/C32H36Cl2N2O3/c1-22-15-23(2)17-27(16-22)39-21-31(37)36(20-25-13-14-28(33)29(34)18-25)30(19-24-9-5-3-6-10-24)32(38)35-26-11-7-4-8-12-26/h3,5-6,9-10,13-18,26,30H,4,7-8,11-12,19-21H2,1-2H3,(H,35,38)/t30-/m1/s1. The van der Waals surface area contributed by atoms with Crippen LogP contribution >= 0.6 is 23.2 Å². The van der Waals surface area contributed by atoms with Crippen LogP contribution in [0.2, 0.25) is 10.0 Å². The maximum absolute atomic E-state index is 13.8. The quantitative estimate of drug-likeness (QED) is 0.285. The molecule has 3 aromatic carbocycles. The number of rotatable bonds is 10. The number of carbonyl (C=O) groups is 2. The van der Waals surface area contributed by atoms with E-state index in [4.69, 9.17) is 27.9 Å². The van der Waals surface area contributed by atoms with Gasteiger partial charge in [0.05, 0.1) is 10.0 Å². The minimum absolute atomic E-state index is 0.123. The van der Waals surface area contributed by atoms with Gasteiger partial charge in [-0.1, -0.05) is 84.9 Å². The molecule has 0 spiro atoms. The number of carbonyl (C=O) groups excluding carboxylic acids is 2. The third-order valence-electron chi connectivity index (χ3n) is 7.12. The lowest BCUT2D eigenvalue weighted by molar-refractivity contribution is -0.143. The smallest absolute Gasteiger partial charge is 0.261 e. The van der Waals surface area contributed by atoms with Crippen LogP contribution in [0.25, 0.3) is 0 Å². The van der Waals surface area contributed by atoms with E-state index in [9.17, 15) is 9.59 Å². The number of amides is 2.